The SMILES string of the molecule is C=CC(=O)[O-].CC[NH+](CC)CC.CC[NH+](CC)CC.COS(=O)(=O)[O-]. The van der Waals surface area contributed by atoms with Gasteiger partial charge in [0.05, 0.1) is 52.3 Å². The molecule has 0 unspecified atom stereocenters. The molecule has 0 aromatic rings. The second-order valence-corrected chi connectivity index (χ2v) is 5.87. The van der Waals surface area contributed by atoms with E-state index < -0.39 is 16.4 Å². The van der Waals surface area contributed by atoms with E-state index in [9.17, 15) is 13.0 Å². The molecule has 0 rings (SSSR count). The number of hydrogen-bond donors (Lipinski definition) is 2. The van der Waals surface area contributed by atoms with Crippen LogP contribution in [0.5, 0.6) is 0 Å². The Hall–Kier alpha value is -1.00. The van der Waals surface area contributed by atoms with Crippen LogP contribution >= 0.6 is 0 Å². The topological polar surface area (TPSA) is 115 Å². The smallest absolute Gasteiger partial charge is 0.217 e. The maximum absolute atomic E-state index is 9.22. The highest BCUT2D eigenvalue weighted by atomic mass is 32.3. The Morgan fingerprint density at radius 3 is 1.08 bits per heavy atom. The van der Waals surface area contributed by atoms with Crippen molar-refractivity contribution in [3.8, 4) is 0 Å². The lowest BCUT2D eigenvalue weighted by Crippen LogP contribution is -3.11. The summed E-state index contributed by atoms with van der Waals surface area (Å²) in [6, 6.07) is 0. The van der Waals surface area contributed by atoms with E-state index in [1.807, 2.05) is 0 Å². The first-order valence-corrected chi connectivity index (χ1v) is 9.88. The molecule has 0 aliphatic carbocycles. The quantitative estimate of drug-likeness (QED) is 0.280. The molecule has 0 saturated carbocycles. The average molecular weight is 387 g/mol. The number of carboxylic acid groups (broad SMARTS) is 1. The molecule has 0 aromatic carbocycles. The Morgan fingerprint density at radius 2 is 1.08 bits per heavy atom. The summed E-state index contributed by atoms with van der Waals surface area (Å²) in [6.45, 7) is 23.9. The number of carboxylic acids is 1. The standard InChI is InChI=1S/2C6H15N.C3H4O2.CH4O4S/c2*1-4-7(5-2)6-3;1-2-3(4)5;1-5-6(2,3)4/h2*4-6H2,1-3H3;2H,1H2,(H,4,5);1H3,(H,2,3,4). The van der Waals surface area contributed by atoms with Gasteiger partial charge in [-0.2, -0.15) is 0 Å². The number of nitrogens with one attached hydrogen (secondary N) is 2. The Balaban J connectivity index is -0.000000119. The third kappa shape index (κ3) is 39.6. The molecular formula is C16H38N2O6S. The third-order valence-corrected chi connectivity index (χ3v) is 3.78. The number of carbonyl (C=O) groups is 1. The van der Waals surface area contributed by atoms with E-state index in [1.165, 1.54) is 39.3 Å². The van der Waals surface area contributed by atoms with Crippen molar-refractivity contribution < 1.29 is 36.9 Å². The molecule has 0 spiro atoms. The summed E-state index contributed by atoms with van der Waals surface area (Å²) in [4.78, 5) is 12.5. The van der Waals surface area contributed by atoms with Gasteiger partial charge in [0.25, 0.3) is 0 Å². The second kappa shape index (κ2) is 23.0. The summed E-state index contributed by atoms with van der Waals surface area (Å²) in [7, 11) is -3.60. The van der Waals surface area contributed by atoms with Gasteiger partial charge in [0.2, 0.25) is 10.4 Å². The lowest BCUT2D eigenvalue weighted by atomic mass is 10.5. The summed E-state index contributed by atoms with van der Waals surface area (Å²) in [5.41, 5.74) is 0. The Bertz CT molecular complexity index is 357. The highest BCUT2D eigenvalue weighted by Gasteiger charge is 1.93. The molecule has 0 amide bonds. The first kappa shape index (κ1) is 31.7. The predicted octanol–water partition coefficient (Wildman–Crippen LogP) is -2.12. The minimum Gasteiger partial charge on any atom is -0.726 e. The maximum Gasteiger partial charge on any atom is 0.217 e. The zero-order chi connectivity index (χ0) is 20.9. The minimum atomic E-state index is -4.41. The molecule has 0 aliphatic rings. The van der Waals surface area contributed by atoms with Gasteiger partial charge in [0.15, 0.2) is 0 Å². The number of hydrogen-bond acceptors (Lipinski definition) is 6. The Kier molecular flexibility index (Phi) is 29.2. The molecule has 2 N–H and O–H groups in total. The van der Waals surface area contributed by atoms with Crippen molar-refractivity contribution in [1.29, 1.82) is 0 Å². The van der Waals surface area contributed by atoms with E-state index in [-0.39, 0.29) is 0 Å². The largest absolute Gasteiger partial charge is 0.726 e. The van der Waals surface area contributed by atoms with Gasteiger partial charge in [0, 0.05) is 0 Å². The van der Waals surface area contributed by atoms with E-state index in [1.54, 1.807) is 9.80 Å². The van der Waals surface area contributed by atoms with E-state index in [0.717, 1.165) is 13.2 Å². The molecule has 0 aromatic heterocycles. The van der Waals surface area contributed by atoms with Gasteiger partial charge in [-0.25, -0.2) is 8.42 Å². The molecular weight excluding hydrogens is 348 g/mol. The zero-order valence-electron chi connectivity index (χ0n) is 16.9. The van der Waals surface area contributed by atoms with E-state index >= 15 is 0 Å². The summed E-state index contributed by atoms with van der Waals surface area (Å²) < 4.78 is 31.0. The van der Waals surface area contributed by atoms with Gasteiger partial charge in [-0.1, -0.05) is 6.58 Å². The van der Waals surface area contributed by atoms with Crippen molar-refractivity contribution in [2.24, 2.45) is 0 Å². The Labute approximate surface area is 154 Å². The van der Waals surface area contributed by atoms with Crippen LogP contribution in [0.2, 0.25) is 0 Å². The zero-order valence-corrected chi connectivity index (χ0v) is 17.7. The lowest BCUT2D eigenvalue weighted by Gasteiger charge is -2.10. The van der Waals surface area contributed by atoms with Crippen LogP contribution in [0, 0.1) is 0 Å². The summed E-state index contributed by atoms with van der Waals surface area (Å²) >= 11 is 0. The molecule has 0 atom stereocenters. The van der Waals surface area contributed by atoms with E-state index in [4.69, 9.17) is 9.90 Å². The first-order valence-electron chi connectivity index (χ1n) is 8.54. The van der Waals surface area contributed by atoms with E-state index in [0.29, 0.717) is 0 Å². The molecule has 154 valence electrons. The fourth-order valence-electron chi connectivity index (χ4n) is 1.50. The fourth-order valence-corrected chi connectivity index (χ4v) is 1.50. The van der Waals surface area contributed by atoms with Crippen LogP contribution in [-0.2, 0) is 19.4 Å². The highest BCUT2D eigenvalue weighted by Crippen LogP contribution is 1.74. The molecule has 25 heavy (non-hydrogen) atoms. The molecule has 8 nitrogen and oxygen atoms in total. The summed E-state index contributed by atoms with van der Waals surface area (Å²) in [5, 5.41) is 9.14. The normalized spacial score (nSPS) is 9.84. The third-order valence-electron chi connectivity index (χ3n) is 3.37. The van der Waals surface area contributed by atoms with Crippen LogP contribution in [0.4, 0.5) is 0 Å². The van der Waals surface area contributed by atoms with Crippen LogP contribution in [0.3, 0.4) is 0 Å². The minimum absolute atomic E-state index is 0.722. The number of carbonyl (C=O) groups excluding carboxylic acids is 1. The molecule has 0 heterocycles. The van der Waals surface area contributed by atoms with Crippen LogP contribution in [0.1, 0.15) is 41.5 Å². The van der Waals surface area contributed by atoms with Gasteiger partial charge >= 0.3 is 0 Å². The van der Waals surface area contributed by atoms with Crippen LogP contribution in [-0.4, -0.2) is 65.3 Å². The Morgan fingerprint density at radius 1 is 0.920 bits per heavy atom. The van der Waals surface area contributed by atoms with Crippen molar-refractivity contribution >= 4 is 16.4 Å². The van der Waals surface area contributed by atoms with Gasteiger partial charge in [-0.05, 0) is 47.6 Å². The molecule has 0 aliphatic heterocycles. The number of rotatable bonds is 8. The predicted molar refractivity (Wildman–Crippen MR) is 97.1 cm³/mol. The lowest BCUT2D eigenvalue weighted by molar-refractivity contribution is -0.894. The van der Waals surface area contributed by atoms with Crippen molar-refractivity contribution in [1.82, 2.24) is 0 Å². The molecule has 0 fully saturated rings. The van der Waals surface area contributed by atoms with Gasteiger partial charge in [-0.3, -0.25) is 4.18 Å². The summed E-state index contributed by atoms with van der Waals surface area (Å²) in [5.74, 6) is -1.23. The monoisotopic (exact) mass is 386 g/mol. The van der Waals surface area contributed by atoms with Crippen LogP contribution < -0.4 is 14.9 Å². The fraction of sp³-hybridized carbons (Fsp3) is 0.812. The average Bonchev–Trinajstić information content (AvgIpc) is 2.59. The van der Waals surface area contributed by atoms with Crippen LogP contribution in [0.25, 0.3) is 0 Å². The van der Waals surface area contributed by atoms with E-state index in [2.05, 4.69) is 52.3 Å². The van der Waals surface area contributed by atoms with Gasteiger partial charge < -0.3 is 24.3 Å². The highest BCUT2D eigenvalue weighted by molar-refractivity contribution is 7.80. The second-order valence-electron chi connectivity index (χ2n) is 4.72. The van der Waals surface area contributed by atoms with Crippen LogP contribution in [0.15, 0.2) is 12.7 Å². The maximum atomic E-state index is 9.22. The molecule has 0 radical (unpaired) electrons. The number of aliphatic carboxylic acids is 1. The molecule has 9 heteroatoms. The van der Waals surface area contributed by atoms with Crippen molar-refractivity contribution in [2.45, 2.75) is 41.5 Å². The van der Waals surface area contributed by atoms with Crippen molar-refractivity contribution in [3.05, 3.63) is 12.7 Å². The van der Waals surface area contributed by atoms with Crippen molar-refractivity contribution in [3.63, 3.8) is 0 Å². The molecule has 0 bridgehead atoms. The number of quaternary nitrogens is 2. The van der Waals surface area contributed by atoms with Gasteiger partial charge in [-0.15, -0.1) is 0 Å². The molecule has 0 saturated heterocycles. The van der Waals surface area contributed by atoms with Gasteiger partial charge in [0.1, 0.15) is 0 Å². The first-order chi connectivity index (χ1) is 11.5. The van der Waals surface area contributed by atoms with Crippen molar-refractivity contribution in [2.75, 3.05) is 46.4 Å². The summed E-state index contributed by atoms with van der Waals surface area (Å²) in [6.07, 6.45) is 0.722.